The number of aromatic nitrogens is 2. The maximum absolute atomic E-state index is 6.08. The second kappa shape index (κ2) is 5.68. The molecule has 0 bridgehead atoms. The molecule has 1 aromatic carbocycles. The van der Waals surface area contributed by atoms with E-state index in [9.17, 15) is 0 Å². The van der Waals surface area contributed by atoms with Gasteiger partial charge in [0.15, 0.2) is 5.82 Å². The van der Waals surface area contributed by atoms with Gasteiger partial charge < -0.3 is 5.32 Å². The predicted molar refractivity (Wildman–Crippen MR) is 82.3 cm³/mol. The van der Waals surface area contributed by atoms with Crippen molar-refractivity contribution in [2.24, 2.45) is 0 Å². The Kier molecular flexibility index (Phi) is 3.92. The van der Waals surface area contributed by atoms with E-state index in [1.54, 1.807) is 6.07 Å². The highest BCUT2D eigenvalue weighted by Gasteiger charge is 2.17. The zero-order valence-corrected chi connectivity index (χ0v) is 12.7. The number of nitrogens with one attached hydrogen (secondary N) is 1. The van der Waals surface area contributed by atoms with Gasteiger partial charge in [-0.25, -0.2) is 9.97 Å². The zero-order chi connectivity index (χ0) is 14.1. The van der Waals surface area contributed by atoms with Crippen LogP contribution in [0, 0.1) is 0 Å². The van der Waals surface area contributed by atoms with Gasteiger partial charge in [-0.3, -0.25) is 0 Å². The van der Waals surface area contributed by atoms with Crippen LogP contribution in [0.2, 0.25) is 10.0 Å². The average Bonchev–Trinajstić information content (AvgIpc) is 2.49. The minimum Gasteiger partial charge on any atom is -0.311 e. The maximum Gasteiger partial charge on any atom is 0.159 e. The van der Waals surface area contributed by atoms with Crippen LogP contribution in [0.3, 0.4) is 0 Å². The molecule has 0 radical (unpaired) electrons. The highest BCUT2D eigenvalue weighted by Crippen LogP contribution is 2.28. The molecule has 0 spiro atoms. The first kappa shape index (κ1) is 13.8. The van der Waals surface area contributed by atoms with Gasteiger partial charge in [-0.1, -0.05) is 30.1 Å². The Bertz CT molecular complexity index is 639. The van der Waals surface area contributed by atoms with Crippen LogP contribution in [0.25, 0.3) is 11.4 Å². The molecule has 3 nitrogen and oxygen atoms in total. The largest absolute Gasteiger partial charge is 0.311 e. The summed E-state index contributed by atoms with van der Waals surface area (Å²) in [4.78, 5) is 9.39. The lowest BCUT2D eigenvalue weighted by atomic mass is 10.0. The highest BCUT2D eigenvalue weighted by molar-refractivity contribution is 6.42. The molecule has 0 saturated carbocycles. The zero-order valence-electron chi connectivity index (χ0n) is 11.2. The molecule has 0 saturated heterocycles. The summed E-state index contributed by atoms with van der Waals surface area (Å²) in [6, 6.07) is 5.51. The van der Waals surface area contributed by atoms with Crippen molar-refractivity contribution >= 4 is 23.2 Å². The van der Waals surface area contributed by atoms with Crippen molar-refractivity contribution in [1.82, 2.24) is 15.3 Å². The molecule has 0 fully saturated rings. The molecule has 2 heterocycles. The Morgan fingerprint density at radius 3 is 2.80 bits per heavy atom. The van der Waals surface area contributed by atoms with Crippen molar-refractivity contribution in [3.8, 4) is 11.4 Å². The third-order valence-electron chi connectivity index (χ3n) is 3.54. The Balaban J connectivity index is 2.11. The van der Waals surface area contributed by atoms with Gasteiger partial charge in [0.2, 0.25) is 0 Å². The lowest BCUT2D eigenvalue weighted by molar-refractivity contribution is 0.617. The van der Waals surface area contributed by atoms with Crippen molar-refractivity contribution in [2.45, 2.75) is 26.3 Å². The van der Waals surface area contributed by atoms with Crippen LogP contribution in [0.5, 0.6) is 0 Å². The minimum atomic E-state index is 0.529. The number of halogens is 2. The molecule has 1 aromatic heterocycles. The maximum atomic E-state index is 6.08. The topological polar surface area (TPSA) is 37.8 Å². The van der Waals surface area contributed by atoms with Crippen LogP contribution < -0.4 is 5.32 Å². The Labute approximate surface area is 128 Å². The van der Waals surface area contributed by atoms with Gasteiger partial charge in [-0.2, -0.15) is 0 Å². The summed E-state index contributed by atoms with van der Waals surface area (Å²) in [6.45, 7) is 3.93. The van der Waals surface area contributed by atoms with E-state index in [0.29, 0.717) is 10.0 Å². The van der Waals surface area contributed by atoms with Crippen molar-refractivity contribution in [2.75, 3.05) is 6.54 Å². The van der Waals surface area contributed by atoms with E-state index in [0.717, 1.165) is 48.7 Å². The number of fused-ring (bicyclic) bond motifs is 1. The first-order chi connectivity index (χ1) is 9.69. The van der Waals surface area contributed by atoms with Crippen molar-refractivity contribution in [3.63, 3.8) is 0 Å². The average molecular weight is 308 g/mol. The number of benzene rings is 1. The standard InChI is InChI=1S/C15H15Cl2N3/c1-2-13-10-5-6-18-8-14(10)20-15(19-13)9-3-4-11(16)12(17)7-9/h3-4,7,18H,2,5-6,8H2,1H3. The highest BCUT2D eigenvalue weighted by atomic mass is 35.5. The smallest absolute Gasteiger partial charge is 0.159 e. The SMILES string of the molecule is CCc1nc(-c2ccc(Cl)c(Cl)c2)nc2c1CCNC2. The van der Waals surface area contributed by atoms with Crippen LogP contribution in [0.1, 0.15) is 23.9 Å². The fourth-order valence-corrected chi connectivity index (χ4v) is 2.79. The third kappa shape index (κ3) is 2.53. The van der Waals surface area contributed by atoms with Crippen molar-refractivity contribution in [1.29, 1.82) is 0 Å². The minimum absolute atomic E-state index is 0.529. The second-order valence-electron chi connectivity index (χ2n) is 4.83. The van der Waals surface area contributed by atoms with Crippen LogP contribution in [0.15, 0.2) is 18.2 Å². The van der Waals surface area contributed by atoms with E-state index >= 15 is 0 Å². The van der Waals surface area contributed by atoms with Gasteiger partial charge >= 0.3 is 0 Å². The number of aryl methyl sites for hydroxylation is 1. The molecule has 5 heteroatoms. The fourth-order valence-electron chi connectivity index (χ4n) is 2.49. The summed E-state index contributed by atoms with van der Waals surface area (Å²) < 4.78 is 0. The molecule has 1 aliphatic rings. The first-order valence-electron chi connectivity index (χ1n) is 6.74. The summed E-state index contributed by atoms with van der Waals surface area (Å²) in [5.41, 5.74) is 4.44. The van der Waals surface area contributed by atoms with Gasteiger partial charge in [0.1, 0.15) is 0 Å². The molecular formula is C15H15Cl2N3. The van der Waals surface area contributed by atoms with Crippen LogP contribution in [0.4, 0.5) is 0 Å². The van der Waals surface area contributed by atoms with Crippen LogP contribution in [-0.2, 0) is 19.4 Å². The van der Waals surface area contributed by atoms with E-state index in [-0.39, 0.29) is 0 Å². The van der Waals surface area contributed by atoms with Crippen molar-refractivity contribution in [3.05, 3.63) is 45.2 Å². The molecule has 0 unspecified atom stereocenters. The van der Waals surface area contributed by atoms with E-state index in [1.165, 1.54) is 5.56 Å². The Hall–Kier alpha value is -1.16. The molecule has 104 valence electrons. The molecule has 20 heavy (non-hydrogen) atoms. The lowest BCUT2D eigenvalue weighted by Gasteiger charge is -2.19. The van der Waals surface area contributed by atoms with Gasteiger partial charge in [0, 0.05) is 17.8 Å². The Morgan fingerprint density at radius 1 is 1.20 bits per heavy atom. The normalized spacial score (nSPS) is 14.2. The Morgan fingerprint density at radius 2 is 2.05 bits per heavy atom. The van der Waals surface area contributed by atoms with Gasteiger partial charge in [0.25, 0.3) is 0 Å². The third-order valence-corrected chi connectivity index (χ3v) is 4.27. The van der Waals surface area contributed by atoms with E-state index in [1.807, 2.05) is 12.1 Å². The van der Waals surface area contributed by atoms with E-state index in [2.05, 4.69) is 17.2 Å². The van der Waals surface area contributed by atoms with E-state index < -0.39 is 0 Å². The van der Waals surface area contributed by atoms with Crippen LogP contribution >= 0.6 is 23.2 Å². The predicted octanol–water partition coefficient (Wildman–Crippen LogP) is 3.66. The number of hydrogen-bond acceptors (Lipinski definition) is 3. The van der Waals surface area contributed by atoms with Crippen molar-refractivity contribution < 1.29 is 0 Å². The van der Waals surface area contributed by atoms with Gasteiger partial charge in [-0.15, -0.1) is 0 Å². The number of hydrogen-bond donors (Lipinski definition) is 1. The molecule has 3 rings (SSSR count). The molecule has 0 amide bonds. The molecule has 0 atom stereocenters. The molecular weight excluding hydrogens is 293 g/mol. The monoisotopic (exact) mass is 307 g/mol. The fraction of sp³-hybridized carbons (Fsp3) is 0.333. The second-order valence-corrected chi connectivity index (χ2v) is 5.64. The lowest BCUT2D eigenvalue weighted by Crippen LogP contribution is -2.26. The quantitative estimate of drug-likeness (QED) is 0.920. The molecule has 1 aliphatic heterocycles. The molecule has 1 N–H and O–H groups in total. The summed E-state index contributed by atoms with van der Waals surface area (Å²) in [5.74, 6) is 0.725. The molecule has 2 aromatic rings. The summed E-state index contributed by atoms with van der Waals surface area (Å²) in [5, 5.41) is 4.43. The molecule has 0 aliphatic carbocycles. The van der Waals surface area contributed by atoms with Gasteiger partial charge in [0.05, 0.1) is 15.7 Å². The van der Waals surface area contributed by atoms with Gasteiger partial charge in [-0.05, 0) is 43.1 Å². The number of rotatable bonds is 2. The summed E-state index contributed by atoms with van der Waals surface area (Å²) >= 11 is 12.0. The number of nitrogens with zero attached hydrogens (tertiary/aromatic N) is 2. The first-order valence-corrected chi connectivity index (χ1v) is 7.49. The summed E-state index contributed by atoms with van der Waals surface area (Å²) in [7, 11) is 0. The summed E-state index contributed by atoms with van der Waals surface area (Å²) in [6.07, 6.45) is 1.92. The van der Waals surface area contributed by atoms with E-state index in [4.69, 9.17) is 28.2 Å². The van der Waals surface area contributed by atoms with Crippen LogP contribution in [-0.4, -0.2) is 16.5 Å².